The van der Waals surface area contributed by atoms with Gasteiger partial charge in [-0.2, -0.15) is 0 Å². The Balaban J connectivity index is 2.54. The molecule has 2 nitrogen and oxygen atoms in total. The van der Waals surface area contributed by atoms with Gasteiger partial charge in [-0.05, 0) is 30.7 Å². The van der Waals surface area contributed by atoms with Crippen molar-refractivity contribution in [1.82, 2.24) is 0 Å². The highest BCUT2D eigenvalue weighted by Crippen LogP contribution is 2.29. The number of allylic oxidation sites excluding steroid dienone is 1. The summed E-state index contributed by atoms with van der Waals surface area (Å²) in [4.78, 5) is 11.6. The number of ether oxygens (including phenoxy) is 1. The molecule has 0 spiro atoms. The normalized spacial score (nSPS) is 13.7. The Morgan fingerprint density at radius 3 is 2.61 bits per heavy atom. The molecule has 0 fully saturated rings. The van der Waals surface area contributed by atoms with Crippen molar-refractivity contribution in [2.24, 2.45) is 5.41 Å². The second-order valence-electron chi connectivity index (χ2n) is 4.83. The highest BCUT2D eigenvalue weighted by Gasteiger charge is 2.24. The van der Waals surface area contributed by atoms with Crippen LogP contribution >= 0.6 is 0 Å². The van der Waals surface area contributed by atoms with Crippen LogP contribution < -0.4 is 0 Å². The SMILES string of the molecule is C=CC(C)(CCc1ccccc1)CC(=O)OCC. The number of aryl methyl sites for hydroxylation is 1. The summed E-state index contributed by atoms with van der Waals surface area (Å²) < 4.78 is 5.00. The van der Waals surface area contributed by atoms with Gasteiger partial charge in [-0.3, -0.25) is 4.79 Å². The van der Waals surface area contributed by atoms with E-state index >= 15 is 0 Å². The topological polar surface area (TPSA) is 26.3 Å². The predicted molar refractivity (Wildman–Crippen MR) is 74.3 cm³/mol. The van der Waals surface area contributed by atoms with Gasteiger partial charge in [0.2, 0.25) is 0 Å². The van der Waals surface area contributed by atoms with E-state index in [1.165, 1.54) is 5.56 Å². The Bertz CT molecular complexity index is 383. The van der Waals surface area contributed by atoms with Crippen LogP contribution in [0.4, 0.5) is 0 Å². The highest BCUT2D eigenvalue weighted by atomic mass is 16.5. The van der Waals surface area contributed by atoms with Crippen LogP contribution in [0.5, 0.6) is 0 Å². The first-order valence-electron chi connectivity index (χ1n) is 6.43. The van der Waals surface area contributed by atoms with E-state index in [2.05, 4.69) is 25.6 Å². The number of carbonyl (C=O) groups is 1. The minimum absolute atomic E-state index is 0.145. The molecule has 98 valence electrons. The average Bonchev–Trinajstić information content (AvgIpc) is 2.38. The first-order chi connectivity index (χ1) is 8.59. The third kappa shape index (κ3) is 4.74. The van der Waals surface area contributed by atoms with Gasteiger partial charge in [0.15, 0.2) is 0 Å². The molecular weight excluding hydrogens is 224 g/mol. The summed E-state index contributed by atoms with van der Waals surface area (Å²) in [5.41, 5.74) is 1.09. The molecular formula is C16H22O2. The van der Waals surface area contributed by atoms with Gasteiger partial charge in [0.25, 0.3) is 0 Å². The van der Waals surface area contributed by atoms with Crippen LogP contribution in [0, 0.1) is 5.41 Å². The summed E-state index contributed by atoms with van der Waals surface area (Å²) in [7, 11) is 0. The Labute approximate surface area is 110 Å². The van der Waals surface area contributed by atoms with Crippen LogP contribution in [0.2, 0.25) is 0 Å². The molecule has 0 aliphatic heterocycles. The molecule has 0 radical (unpaired) electrons. The second-order valence-corrected chi connectivity index (χ2v) is 4.83. The van der Waals surface area contributed by atoms with Gasteiger partial charge in [0, 0.05) is 0 Å². The lowest BCUT2D eigenvalue weighted by atomic mass is 9.81. The molecule has 1 unspecified atom stereocenters. The molecule has 1 aromatic rings. The van der Waals surface area contributed by atoms with Crippen molar-refractivity contribution < 1.29 is 9.53 Å². The molecule has 0 heterocycles. The molecule has 0 amide bonds. The fourth-order valence-electron chi connectivity index (χ4n) is 1.88. The average molecular weight is 246 g/mol. The molecule has 0 aromatic heterocycles. The van der Waals surface area contributed by atoms with E-state index in [1.807, 2.05) is 31.2 Å². The molecule has 18 heavy (non-hydrogen) atoms. The third-order valence-electron chi connectivity index (χ3n) is 3.17. The Morgan fingerprint density at radius 1 is 1.39 bits per heavy atom. The number of hydrogen-bond donors (Lipinski definition) is 0. The summed E-state index contributed by atoms with van der Waals surface area (Å²) in [5, 5.41) is 0. The van der Waals surface area contributed by atoms with Crippen LogP contribution in [-0.2, 0) is 16.0 Å². The van der Waals surface area contributed by atoms with E-state index in [-0.39, 0.29) is 11.4 Å². The summed E-state index contributed by atoms with van der Waals surface area (Å²) in [6, 6.07) is 10.3. The van der Waals surface area contributed by atoms with E-state index < -0.39 is 0 Å². The zero-order valence-electron chi connectivity index (χ0n) is 11.3. The van der Waals surface area contributed by atoms with Crippen molar-refractivity contribution in [1.29, 1.82) is 0 Å². The lowest BCUT2D eigenvalue weighted by Gasteiger charge is -2.24. The van der Waals surface area contributed by atoms with Crippen molar-refractivity contribution in [2.45, 2.75) is 33.1 Å². The van der Waals surface area contributed by atoms with Crippen LogP contribution in [-0.4, -0.2) is 12.6 Å². The molecule has 1 aromatic carbocycles. The highest BCUT2D eigenvalue weighted by molar-refractivity contribution is 5.70. The zero-order chi connectivity index (χ0) is 13.4. The molecule has 0 aliphatic carbocycles. The molecule has 0 saturated heterocycles. The monoisotopic (exact) mass is 246 g/mol. The van der Waals surface area contributed by atoms with E-state index in [0.717, 1.165) is 12.8 Å². The Hall–Kier alpha value is -1.57. The van der Waals surface area contributed by atoms with Gasteiger partial charge in [-0.15, -0.1) is 6.58 Å². The zero-order valence-corrected chi connectivity index (χ0v) is 11.3. The van der Waals surface area contributed by atoms with E-state index in [9.17, 15) is 4.79 Å². The van der Waals surface area contributed by atoms with Crippen molar-refractivity contribution in [3.8, 4) is 0 Å². The summed E-state index contributed by atoms with van der Waals surface area (Å²) in [5.74, 6) is -0.145. The lowest BCUT2D eigenvalue weighted by Crippen LogP contribution is -2.20. The fraction of sp³-hybridized carbons (Fsp3) is 0.438. The van der Waals surface area contributed by atoms with Gasteiger partial charge in [0.1, 0.15) is 0 Å². The van der Waals surface area contributed by atoms with Crippen LogP contribution in [0.15, 0.2) is 43.0 Å². The summed E-state index contributed by atoms with van der Waals surface area (Å²) in [6.07, 6.45) is 4.12. The number of hydrogen-bond acceptors (Lipinski definition) is 2. The van der Waals surface area contributed by atoms with Crippen molar-refractivity contribution >= 4 is 5.97 Å². The number of carbonyl (C=O) groups excluding carboxylic acids is 1. The van der Waals surface area contributed by atoms with E-state index in [0.29, 0.717) is 13.0 Å². The lowest BCUT2D eigenvalue weighted by molar-refractivity contribution is -0.145. The number of esters is 1. The minimum atomic E-state index is -0.192. The van der Waals surface area contributed by atoms with Gasteiger partial charge >= 0.3 is 5.97 Å². The smallest absolute Gasteiger partial charge is 0.306 e. The fourth-order valence-corrected chi connectivity index (χ4v) is 1.88. The molecule has 0 saturated carbocycles. The Kier molecular flexibility index (Phi) is 5.63. The van der Waals surface area contributed by atoms with Gasteiger partial charge in [-0.25, -0.2) is 0 Å². The third-order valence-corrected chi connectivity index (χ3v) is 3.17. The maximum atomic E-state index is 11.6. The predicted octanol–water partition coefficient (Wildman–Crippen LogP) is 3.76. The number of rotatable bonds is 7. The maximum Gasteiger partial charge on any atom is 0.306 e. The van der Waals surface area contributed by atoms with Crippen molar-refractivity contribution in [3.63, 3.8) is 0 Å². The maximum absolute atomic E-state index is 11.6. The molecule has 0 bridgehead atoms. The quantitative estimate of drug-likeness (QED) is 0.541. The van der Waals surface area contributed by atoms with Gasteiger partial charge < -0.3 is 4.74 Å². The molecule has 2 heteroatoms. The standard InChI is InChI=1S/C16H22O2/c1-4-16(3,13-15(17)18-5-2)12-11-14-9-7-6-8-10-14/h4,6-10H,1,5,11-13H2,2-3H3. The molecule has 1 rings (SSSR count). The van der Waals surface area contributed by atoms with Crippen LogP contribution in [0.3, 0.4) is 0 Å². The Morgan fingerprint density at radius 2 is 2.06 bits per heavy atom. The van der Waals surface area contributed by atoms with E-state index in [4.69, 9.17) is 4.74 Å². The molecule has 0 N–H and O–H groups in total. The van der Waals surface area contributed by atoms with Crippen LogP contribution in [0.1, 0.15) is 32.3 Å². The first-order valence-corrected chi connectivity index (χ1v) is 6.43. The number of benzene rings is 1. The minimum Gasteiger partial charge on any atom is -0.466 e. The van der Waals surface area contributed by atoms with Gasteiger partial charge in [-0.1, -0.05) is 43.3 Å². The second kappa shape index (κ2) is 7.00. The van der Waals surface area contributed by atoms with E-state index in [1.54, 1.807) is 0 Å². The molecule has 0 aliphatic rings. The summed E-state index contributed by atoms with van der Waals surface area (Å²) >= 11 is 0. The van der Waals surface area contributed by atoms with Gasteiger partial charge in [0.05, 0.1) is 13.0 Å². The largest absolute Gasteiger partial charge is 0.466 e. The van der Waals surface area contributed by atoms with Crippen LogP contribution in [0.25, 0.3) is 0 Å². The molecule has 1 atom stereocenters. The summed E-state index contributed by atoms with van der Waals surface area (Å²) in [6.45, 7) is 8.17. The first kappa shape index (κ1) is 14.5. The van der Waals surface area contributed by atoms with Crippen molar-refractivity contribution in [2.75, 3.05) is 6.61 Å². The van der Waals surface area contributed by atoms with Crippen molar-refractivity contribution in [3.05, 3.63) is 48.6 Å².